The van der Waals surface area contributed by atoms with Crippen LogP contribution in [0.25, 0.3) is 22.2 Å². The molecule has 0 radical (unpaired) electrons. The molecule has 7 heteroatoms. The van der Waals surface area contributed by atoms with Gasteiger partial charge in [-0.05, 0) is 31.0 Å². The zero-order valence-electron chi connectivity index (χ0n) is 12.5. The van der Waals surface area contributed by atoms with E-state index >= 15 is 0 Å². The fraction of sp³-hybridized carbons (Fsp3) is 0.235. The third kappa shape index (κ3) is 2.56. The lowest BCUT2D eigenvalue weighted by Crippen LogP contribution is -2.05. The summed E-state index contributed by atoms with van der Waals surface area (Å²) in [6, 6.07) is 11.4. The number of rotatable bonds is 4. The molecule has 2 aromatic heterocycles. The van der Waals surface area contributed by atoms with Gasteiger partial charge in [-0.2, -0.15) is 19.1 Å². The Balaban J connectivity index is 1.87. The third-order valence-electron chi connectivity index (χ3n) is 4.02. The SMILES string of the molecule is N#Cc1ccc2cc(-c3cnnc(OC(F)F)c3)n(C3CC3)c2c1. The van der Waals surface area contributed by atoms with Gasteiger partial charge in [-0.3, -0.25) is 0 Å². The maximum absolute atomic E-state index is 12.4. The Labute approximate surface area is 136 Å². The van der Waals surface area contributed by atoms with E-state index in [2.05, 4.69) is 25.6 Å². The Kier molecular flexibility index (Phi) is 3.38. The Hall–Kier alpha value is -3.01. The van der Waals surface area contributed by atoms with Crippen LogP contribution in [0.15, 0.2) is 36.5 Å². The van der Waals surface area contributed by atoms with Crippen molar-refractivity contribution >= 4 is 10.9 Å². The Morgan fingerprint density at radius 1 is 1.25 bits per heavy atom. The molecule has 0 spiro atoms. The van der Waals surface area contributed by atoms with E-state index in [1.807, 2.05) is 18.2 Å². The monoisotopic (exact) mass is 326 g/mol. The first-order valence-electron chi connectivity index (χ1n) is 7.48. The number of halogens is 2. The predicted octanol–water partition coefficient (Wildman–Crippen LogP) is 3.91. The molecule has 1 aliphatic carbocycles. The van der Waals surface area contributed by atoms with Gasteiger partial charge in [-0.1, -0.05) is 6.07 Å². The first kappa shape index (κ1) is 14.6. The van der Waals surface area contributed by atoms with Crippen LogP contribution >= 0.6 is 0 Å². The van der Waals surface area contributed by atoms with Gasteiger partial charge in [0.15, 0.2) is 0 Å². The average Bonchev–Trinajstić information content (AvgIpc) is 3.34. The molecule has 3 aromatic rings. The number of alkyl halides is 2. The molecule has 0 amide bonds. The van der Waals surface area contributed by atoms with Crippen LogP contribution in [0, 0.1) is 11.3 Å². The molecule has 4 rings (SSSR count). The average molecular weight is 326 g/mol. The fourth-order valence-corrected chi connectivity index (χ4v) is 2.88. The summed E-state index contributed by atoms with van der Waals surface area (Å²) in [4.78, 5) is 0. The summed E-state index contributed by atoms with van der Waals surface area (Å²) in [5, 5.41) is 17.4. The standard InChI is InChI=1S/C17H12F2N4O/c18-17(19)24-16-7-12(9-21-22-16)15-6-11-2-1-10(8-20)5-14(11)23(15)13-3-4-13/h1-2,5-7,9,13,17H,3-4H2. The smallest absolute Gasteiger partial charge is 0.388 e. The number of hydrogen-bond acceptors (Lipinski definition) is 4. The van der Waals surface area contributed by atoms with Gasteiger partial charge in [-0.15, -0.1) is 5.10 Å². The summed E-state index contributed by atoms with van der Waals surface area (Å²) in [6.07, 6.45) is 3.62. The number of benzene rings is 1. The summed E-state index contributed by atoms with van der Waals surface area (Å²) >= 11 is 0. The maximum Gasteiger partial charge on any atom is 0.388 e. The van der Waals surface area contributed by atoms with Gasteiger partial charge in [0.2, 0.25) is 5.88 Å². The summed E-state index contributed by atoms with van der Waals surface area (Å²) in [7, 11) is 0. The number of nitriles is 1. The molecule has 24 heavy (non-hydrogen) atoms. The topological polar surface area (TPSA) is 63.7 Å². The van der Waals surface area contributed by atoms with Crippen LogP contribution in [0.2, 0.25) is 0 Å². The van der Waals surface area contributed by atoms with E-state index in [-0.39, 0.29) is 5.88 Å². The molecule has 1 aromatic carbocycles. The largest absolute Gasteiger partial charge is 0.415 e. The van der Waals surface area contributed by atoms with Crippen LogP contribution in [0.5, 0.6) is 5.88 Å². The number of aromatic nitrogens is 3. The molecular formula is C17H12F2N4O. The van der Waals surface area contributed by atoms with Crippen molar-refractivity contribution in [3.05, 3.63) is 42.1 Å². The Morgan fingerprint density at radius 2 is 2.08 bits per heavy atom. The summed E-state index contributed by atoms with van der Waals surface area (Å²) in [5.74, 6) is -0.215. The fourth-order valence-electron chi connectivity index (χ4n) is 2.88. The molecule has 2 heterocycles. The minimum absolute atomic E-state index is 0.215. The van der Waals surface area contributed by atoms with Gasteiger partial charge >= 0.3 is 6.61 Å². The molecule has 0 atom stereocenters. The van der Waals surface area contributed by atoms with E-state index in [9.17, 15) is 8.78 Å². The highest BCUT2D eigenvalue weighted by Gasteiger charge is 2.28. The van der Waals surface area contributed by atoms with Gasteiger partial charge in [-0.25, -0.2) is 0 Å². The second kappa shape index (κ2) is 5.57. The quantitative estimate of drug-likeness (QED) is 0.729. The predicted molar refractivity (Wildman–Crippen MR) is 82.6 cm³/mol. The lowest BCUT2D eigenvalue weighted by molar-refractivity contribution is -0.0533. The second-order valence-corrected chi connectivity index (χ2v) is 5.68. The van der Waals surface area contributed by atoms with Crippen molar-refractivity contribution in [1.29, 1.82) is 5.26 Å². The van der Waals surface area contributed by atoms with Crippen LogP contribution in [-0.2, 0) is 0 Å². The zero-order chi connectivity index (χ0) is 16.7. The molecule has 1 aliphatic rings. The molecule has 0 saturated heterocycles. The molecule has 1 saturated carbocycles. The van der Waals surface area contributed by atoms with Crippen molar-refractivity contribution in [3.63, 3.8) is 0 Å². The van der Waals surface area contributed by atoms with Crippen LogP contribution < -0.4 is 4.74 Å². The highest BCUT2D eigenvalue weighted by molar-refractivity contribution is 5.88. The summed E-state index contributed by atoms with van der Waals surface area (Å²) < 4.78 is 31.3. The van der Waals surface area contributed by atoms with Crippen molar-refractivity contribution in [1.82, 2.24) is 14.8 Å². The molecule has 0 N–H and O–H groups in total. The number of ether oxygens (including phenoxy) is 1. The highest BCUT2D eigenvalue weighted by atomic mass is 19.3. The first-order chi connectivity index (χ1) is 11.7. The maximum atomic E-state index is 12.4. The van der Waals surface area contributed by atoms with Crippen molar-refractivity contribution in [2.24, 2.45) is 0 Å². The normalized spacial score (nSPS) is 14.1. The number of hydrogen-bond donors (Lipinski definition) is 0. The molecule has 0 unspecified atom stereocenters. The van der Waals surface area contributed by atoms with E-state index in [1.165, 1.54) is 12.3 Å². The van der Waals surface area contributed by atoms with E-state index < -0.39 is 6.61 Å². The van der Waals surface area contributed by atoms with Crippen LogP contribution in [-0.4, -0.2) is 21.4 Å². The highest BCUT2D eigenvalue weighted by Crippen LogP contribution is 2.42. The lowest BCUT2D eigenvalue weighted by atomic mass is 10.1. The van der Waals surface area contributed by atoms with Gasteiger partial charge in [0.1, 0.15) is 0 Å². The van der Waals surface area contributed by atoms with Gasteiger partial charge < -0.3 is 9.30 Å². The van der Waals surface area contributed by atoms with Crippen molar-refractivity contribution in [3.8, 4) is 23.2 Å². The minimum Gasteiger partial charge on any atom is -0.415 e. The van der Waals surface area contributed by atoms with E-state index in [4.69, 9.17) is 5.26 Å². The van der Waals surface area contributed by atoms with E-state index in [1.54, 1.807) is 6.07 Å². The van der Waals surface area contributed by atoms with Crippen LogP contribution in [0.3, 0.4) is 0 Å². The zero-order valence-corrected chi connectivity index (χ0v) is 12.5. The van der Waals surface area contributed by atoms with Gasteiger partial charge in [0.25, 0.3) is 0 Å². The van der Waals surface area contributed by atoms with Gasteiger partial charge in [0, 0.05) is 23.1 Å². The third-order valence-corrected chi connectivity index (χ3v) is 4.02. The summed E-state index contributed by atoms with van der Waals surface area (Å²) in [5.41, 5.74) is 3.06. The van der Waals surface area contributed by atoms with Crippen molar-refractivity contribution in [2.45, 2.75) is 25.5 Å². The van der Waals surface area contributed by atoms with E-state index in [0.717, 1.165) is 29.4 Å². The lowest BCUT2D eigenvalue weighted by Gasteiger charge is -2.10. The second-order valence-electron chi connectivity index (χ2n) is 5.68. The van der Waals surface area contributed by atoms with Crippen molar-refractivity contribution in [2.75, 3.05) is 0 Å². The Bertz CT molecular complexity index is 957. The number of fused-ring (bicyclic) bond motifs is 1. The first-order valence-corrected chi connectivity index (χ1v) is 7.48. The Morgan fingerprint density at radius 3 is 2.79 bits per heavy atom. The van der Waals surface area contributed by atoms with Crippen LogP contribution in [0.1, 0.15) is 24.4 Å². The molecule has 0 bridgehead atoms. The molecule has 0 aliphatic heterocycles. The molecule has 1 fully saturated rings. The van der Waals surface area contributed by atoms with Crippen molar-refractivity contribution < 1.29 is 13.5 Å². The van der Waals surface area contributed by atoms with Gasteiger partial charge in [0.05, 0.1) is 29.0 Å². The minimum atomic E-state index is -2.94. The van der Waals surface area contributed by atoms with E-state index in [0.29, 0.717) is 17.2 Å². The molecular weight excluding hydrogens is 314 g/mol. The number of nitrogens with zero attached hydrogens (tertiary/aromatic N) is 4. The van der Waals surface area contributed by atoms with Crippen LogP contribution in [0.4, 0.5) is 8.78 Å². The molecule has 120 valence electrons. The summed E-state index contributed by atoms with van der Waals surface area (Å²) in [6.45, 7) is -2.94. The molecule has 5 nitrogen and oxygen atoms in total.